The molecule has 8 nitrogen and oxygen atoms in total. The Labute approximate surface area is 254 Å². The molecule has 41 heavy (non-hydrogen) atoms. The number of amidine groups is 1. The van der Waals surface area contributed by atoms with Gasteiger partial charge in [-0.1, -0.05) is 55.2 Å². The molecule has 2 fully saturated rings. The van der Waals surface area contributed by atoms with E-state index < -0.39 is 11.6 Å². The van der Waals surface area contributed by atoms with Gasteiger partial charge in [0.2, 0.25) is 5.91 Å². The van der Waals surface area contributed by atoms with Crippen molar-refractivity contribution in [1.82, 2.24) is 19.7 Å². The van der Waals surface area contributed by atoms with Crippen LogP contribution in [0.5, 0.6) is 0 Å². The zero-order valence-electron chi connectivity index (χ0n) is 23.3. The first-order chi connectivity index (χ1) is 19.7. The maximum Gasteiger partial charge on any atom is 0.263 e. The third kappa shape index (κ3) is 5.05. The number of rotatable bonds is 5. The van der Waals surface area contributed by atoms with Crippen LogP contribution in [0.15, 0.2) is 58.2 Å². The Bertz CT molecular complexity index is 1410. The van der Waals surface area contributed by atoms with Crippen LogP contribution in [0, 0.1) is 5.92 Å². The number of morpholine rings is 1. The first-order valence-corrected chi connectivity index (χ1v) is 15.6. The van der Waals surface area contributed by atoms with Crippen molar-refractivity contribution in [2.45, 2.75) is 51.2 Å². The van der Waals surface area contributed by atoms with Gasteiger partial charge in [0.05, 0.1) is 19.3 Å². The number of thioether (sulfide) groups is 1. The zero-order chi connectivity index (χ0) is 28.9. The van der Waals surface area contributed by atoms with Crippen molar-refractivity contribution in [1.29, 1.82) is 0 Å². The second kappa shape index (κ2) is 11.2. The minimum Gasteiger partial charge on any atom is -0.378 e. The van der Waals surface area contributed by atoms with E-state index in [1.54, 1.807) is 17.2 Å². The largest absolute Gasteiger partial charge is 0.378 e. The van der Waals surface area contributed by atoms with Gasteiger partial charge < -0.3 is 19.4 Å². The van der Waals surface area contributed by atoms with E-state index in [0.717, 1.165) is 28.4 Å². The molecule has 1 aromatic heterocycles. The van der Waals surface area contributed by atoms with Gasteiger partial charge in [0.15, 0.2) is 5.17 Å². The van der Waals surface area contributed by atoms with Crippen molar-refractivity contribution >= 4 is 51.9 Å². The number of carbonyl (C=O) groups excluding carboxylic acids is 2. The molecule has 0 saturated carbocycles. The van der Waals surface area contributed by atoms with Crippen LogP contribution in [0.3, 0.4) is 0 Å². The molecule has 5 heterocycles. The zero-order valence-corrected chi connectivity index (χ0v) is 25.7. The fraction of sp³-hybridized carbons (Fsp3) is 0.467. The molecule has 216 valence electrons. The van der Waals surface area contributed by atoms with Crippen LogP contribution in [-0.4, -0.2) is 75.6 Å². The first-order valence-electron chi connectivity index (χ1n) is 14.0. The minimum atomic E-state index is -0.690. The number of pyridine rings is 1. The van der Waals surface area contributed by atoms with Crippen LogP contribution in [0.4, 0.5) is 0 Å². The number of carbonyl (C=O) groups is 2. The molecule has 2 amide bonds. The monoisotopic (exact) mass is 613 g/mol. The van der Waals surface area contributed by atoms with E-state index in [4.69, 9.17) is 32.9 Å². The molecule has 11 heteroatoms. The molecule has 2 saturated heterocycles. The number of aromatic nitrogens is 1. The van der Waals surface area contributed by atoms with Gasteiger partial charge in [-0.25, -0.2) is 9.98 Å². The Morgan fingerprint density at radius 1 is 1.07 bits per heavy atom. The molecule has 0 N–H and O–H groups in total. The summed E-state index contributed by atoms with van der Waals surface area (Å²) in [5, 5.41) is 1.84. The number of aliphatic imine (C=N–C) groups is 1. The van der Waals surface area contributed by atoms with Crippen LogP contribution < -0.4 is 0 Å². The maximum atomic E-state index is 14.3. The minimum absolute atomic E-state index is 0.0218. The molecule has 0 unspecified atom stereocenters. The first kappa shape index (κ1) is 28.5. The van der Waals surface area contributed by atoms with Gasteiger partial charge in [-0.3, -0.25) is 9.59 Å². The molecular weight excluding hydrogens is 581 g/mol. The summed E-state index contributed by atoms with van der Waals surface area (Å²) in [4.78, 5) is 43.8. The van der Waals surface area contributed by atoms with Gasteiger partial charge >= 0.3 is 0 Å². The normalized spacial score (nSPS) is 26.2. The number of likely N-dealkylation sites (tertiary alicyclic amines) is 1. The highest BCUT2D eigenvalue weighted by Gasteiger charge is 2.54. The van der Waals surface area contributed by atoms with Crippen molar-refractivity contribution in [3.63, 3.8) is 0 Å². The smallest absolute Gasteiger partial charge is 0.263 e. The number of hydrogen-bond acceptors (Lipinski definition) is 7. The van der Waals surface area contributed by atoms with Gasteiger partial charge in [-0.2, -0.15) is 0 Å². The molecule has 4 aliphatic heterocycles. The lowest BCUT2D eigenvalue weighted by Crippen LogP contribution is -2.51. The summed E-state index contributed by atoms with van der Waals surface area (Å²) in [5.41, 5.74) is 2.19. The lowest BCUT2D eigenvalue weighted by Gasteiger charge is -2.37. The standard InChI is InChI=1S/C30H33Cl2N5O3S/c1-18(2)24-25(28(39)36-12-4-5-22(36)27(38)35-13-15-40-16-14-35)41-29-34-30(3,20-8-11-23(32)33-17-20)26(37(24)29)19-6-9-21(31)10-7-19/h6-11,17-18,22,26H,4-5,12-16H2,1-3H3/t22-,26+,30-/m0/s1. The van der Waals surface area contributed by atoms with Crippen LogP contribution in [0.25, 0.3) is 0 Å². The number of ether oxygens (including phenoxy) is 1. The molecule has 0 aliphatic carbocycles. The number of allylic oxidation sites excluding steroid dienone is 1. The summed E-state index contributed by atoms with van der Waals surface area (Å²) in [6.07, 6.45) is 3.26. The third-order valence-corrected chi connectivity index (χ3v) is 9.90. The van der Waals surface area contributed by atoms with Crippen molar-refractivity contribution in [2.75, 3.05) is 32.8 Å². The van der Waals surface area contributed by atoms with E-state index in [-0.39, 0.29) is 23.8 Å². The predicted octanol–water partition coefficient (Wildman–Crippen LogP) is 5.48. The molecule has 1 aromatic carbocycles. The highest BCUT2D eigenvalue weighted by molar-refractivity contribution is 8.18. The number of hydrogen-bond donors (Lipinski definition) is 0. The fourth-order valence-corrected chi connectivity index (χ4v) is 7.94. The van der Waals surface area contributed by atoms with E-state index in [0.29, 0.717) is 54.3 Å². The van der Waals surface area contributed by atoms with Crippen LogP contribution in [0.1, 0.15) is 50.8 Å². The lowest BCUT2D eigenvalue weighted by atomic mass is 9.81. The summed E-state index contributed by atoms with van der Waals surface area (Å²) >= 11 is 13.8. The number of halogens is 2. The second-order valence-corrected chi connectivity index (χ2v) is 13.1. The molecule has 6 rings (SSSR count). The Hall–Kier alpha value is -2.59. The maximum absolute atomic E-state index is 14.3. The van der Waals surface area contributed by atoms with E-state index in [1.807, 2.05) is 35.2 Å². The van der Waals surface area contributed by atoms with Crippen molar-refractivity contribution in [2.24, 2.45) is 10.9 Å². The lowest BCUT2D eigenvalue weighted by molar-refractivity contribution is -0.144. The molecule has 0 radical (unpaired) electrons. The second-order valence-electron chi connectivity index (χ2n) is 11.3. The highest BCUT2D eigenvalue weighted by atomic mass is 35.5. The number of amides is 2. The Kier molecular flexibility index (Phi) is 7.82. The molecule has 0 bridgehead atoms. The summed E-state index contributed by atoms with van der Waals surface area (Å²) in [7, 11) is 0. The molecule has 0 spiro atoms. The van der Waals surface area contributed by atoms with Crippen molar-refractivity contribution in [3.05, 3.63) is 74.5 Å². The van der Waals surface area contributed by atoms with Gasteiger partial charge in [0.25, 0.3) is 5.91 Å². The van der Waals surface area contributed by atoms with Gasteiger partial charge in [0.1, 0.15) is 21.6 Å². The third-order valence-electron chi connectivity index (χ3n) is 8.37. The van der Waals surface area contributed by atoms with E-state index >= 15 is 0 Å². The average molecular weight is 615 g/mol. The molecular formula is C30H33Cl2N5O3S. The van der Waals surface area contributed by atoms with Crippen LogP contribution >= 0.6 is 35.0 Å². The average Bonchev–Trinajstić information content (AvgIpc) is 3.66. The quantitative estimate of drug-likeness (QED) is 0.416. The Balaban J connectivity index is 1.39. The molecule has 4 aliphatic rings. The van der Waals surface area contributed by atoms with Crippen molar-refractivity contribution < 1.29 is 14.3 Å². The van der Waals surface area contributed by atoms with E-state index in [2.05, 4.69) is 30.7 Å². The van der Waals surface area contributed by atoms with E-state index in [9.17, 15) is 9.59 Å². The summed E-state index contributed by atoms with van der Waals surface area (Å²) in [6.45, 7) is 9.07. The SMILES string of the molecule is CC(C)C1=C(C(=O)N2CCC[C@H]2C(=O)N2CCOCC2)SC2=N[C@@](C)(c3ccc(Cl)nc3)[C@@H](c3ccc(Cl)cc3)N21. The predicted molar refractivity (Wildman–Crippen MR) is 162 cm³/mol. The van der Waals surface area contributed by atoms with Crippen LogP contribution in [-0.2, 0) is 19.9 Å². The highest BCUT2D eigenvalue weighted by Crippen LogP contribution is 2.56. The fourth-order valence-electron chi connectivity index (χ4n) is 6.34. The van der Waals surface area contributed by atoms with Crippen molar-refractivity contribution in [3.8, 4) is 0 Å². The van der Waals surface area contributed by atoms with Gasteiger partial charge in [-0.05, 0) is 61.2 Å². The number of fused-ring (bicyclic) bond motifs is 1. The summed E-state index contributed by atoms with van der Waals surface area (Å²) in [6, 6.07) is 10.9. The van der Waals surface area contributed by atoms with Gasteiger partial charge in [0, 0.05) is 42.1 Å². The summed E-state index contributed by atoms with van der Waals surface area (Å²) in [5.74, 6) is -0.0381. The topological polar surface area (TPSA) is 78.3 Å². The molecule has 2 aromatic rings. The molecule has 3 atom stereocenters. The Morgan fingerprint density at radius 2 is 1.80 bits per heavy atom. The summed E-state index contributed by atoms with van der Waals surface area (Å²) < 4.78 is 5.44. The van der Waals surface area contributed by atoms with E-state index in [1.165, 1.54) is 11.8 Å². The number of nitrogens with zero attached hydrogens (tertiary/aromatic N) is 5. The van der Waals surface area contributed by atoms with Gasteiger partial charge in [-0.15, -0.1) is 0 Å². The Morgan fingerprint density at radius 3 is 2.46 bits per heavy atom. The number of benzene rings is 1. The van der Waals surface area contributed by atoms with Crippen LogP contribution in [0.2, 0.25) is 10.2 Å².